The summed E-state index contributed by atoms with van der Waals surface area (Å²) in [7, 11) is 1.62. The molecule has 140 valence electrons. The van der Waals surface area contributed by atoms with Crippen molar-refractivity contribution >= 4 is 22.4 Å². The van der Waals surface area contributed by atoms with Gasteiger partial charge >= 0.3 is 0 Å². The lowest BCUT2D eigenvalue weighted by atomic mass is 10.1. The maximum atomic E-state index is 12.9. The summed E-state index contributed by atoms with van der Waals surface area (Å²) in [6.07, 6.45) is 1.15. The average molecular weight is 382 g/mol. The first-order valence-electron chi connectivity index (χ1n) is 8.95. The van der Waals surface area contributed by atoms with Crippen molar-refractivity contribution in [2.24, 2.45) is 0 Å². The fraction of sp³-hybridized carbons (Fsp3) is 0.286. The summed E-state index contributed by atoms with van der Waals surface area (Å²) >= 11 is 1.45. The standard InChI is InChI=1S/C21H23N3O2S/c1-4-12-24(19(25)14-16-9-7-10-17(13-16)26-3)21-23-22-20(27-21)18-11-6-5-8-15(18)2/h5-11,13H,4,12,14H2,1-3H3. The second kappa shape index (κ2) is 8.77. The number of hydrogen-bond donors (Lipinski definition) is 0. The van der Waals surface area contributed by atoms with Crippen LogP contribution < -0.4 is 9.64 Å². The van der Waals surface area contributed by atoms with Crippen LogP contribution in [0.4, 0.5) is 5.13 Å². The Kier molecular flexibility index (Phi) is 6.19. The molecule has 0 fully saturated rings. The summed E-state index contributed by atoms with van der Waals surface area (Å²) in [5, 5.41) is 10.1. The molecule has 2 aromatic carbocycles. The lowest BCUT2D eigenvalue weighted by molar-refractivity contribution is -0.118. The summed E-state index contributed by atoms with van der Waals surface area (Å²) < 4.78 is 5.25. The van der Waals surface area contributed by atoms with Gasteiger partial charge in [-0.1, -0.05) is 54.7 Å². The molecule has 0 saturated heterocycles. The van der Waals surface area contributed by atoms with Gasteiger partial charge in [0, 0.05) is 12.1 Å². The van der Waals surface area contributed by atoms with Crippen LogP contribution in [0.25, 0.3) is 10.6 Å². The number of carbonyl (C=O) groups excluding carboxylic acids is 1. The number of aryl methyl sites for hydroxylation is 1. The van der Waals surface area contributed by atoms with Crippen LogP contribution in [0, 0.1) is 6.92 Å². The Balaban J connectivity index is 1.83. The molecule has 0 spiro atoms. The van der Waals surface area contributed by atoms with Gasteiger partial charge < -0.3 is 4.74 Å². The normalized spacial score (nSPS) is 10.6. The number of hydrogen-bond acceptors (Lipinski definition) is 5. The van der Waals surface area contributed by atoms with Crippen LogP contribution in [-0.4, -0.2) is 29.8 Å². The van der Waals surface area contributed by atoms with Gasteiger partial charge in [0.1, 0.15) is 10.8 Å². The van der Waals surface area contributed by atoms with E-state index < -0.39 is 0 Å². The number of anilines is 1. The van der Waals surface area contributed by atoms with Gasteiger partial charge in [0.2, 0.25) is 11.0 Å². The fourth-order valence-electron chi connectivity index (χ4n) is 2.85. The summed E-state index contributed by atoms with van der Waals surface area (Å²) in [6.45, 7) is 4.72. The van der Waals surface area contributed by atoms with Crippen LogP contribution in [0.5, 0.6) is 5.75 Å². The predicted octanol–water partition coefficient (Wildman–Crippen LogP) is 4.51. The van der Waals surface area contributed by atoms with Crippen molar-refractivity contribution < 1.29 is 9.53 Å². The van der Waals surface area contributed by atoms with Crippen molar-refractivity contribution in [1.29, 1.82) is 0 Å². The Morgan fingerprint density at radius 3 is 2.70 bits per heavy atom. The molecule has 1 aromatic heterocycles. The highest BCUT2D eigenvalue weighted by Crippen LogP contribution is 2.31. The topological polar surface area (TPSA) is 55.3 Å². The summed E-state index contributed by atoms with van der Waals surface area (Å²) in [5.41, 5.74) is 3.12. The van der Waals surface area contributed by atoms with Gasteiger partial charge in [-0.2, -0.15) is 0 Å². The van der Waals surface area contributed by atoms with Gasteiger partial charge in [-0.05, 0) is 36.6 Å². The minimum Gasteiger partial charge on any atom is -0.497 e. The SMILES string of the molecule is CCCN(C(=O)Cc1cccc(OC)c1)c1nnc(-c2ccccc2C)s1. The highest BCUT2D eigenvalue weighted by Gasteiger charge is 2.20. The van der Waals surface area contributed by atoms with Gasteiger partial charge in [-0.3, -0.25) is 9.69 Å². The fourth-order valence-corrected chi connectivity index (χ4v) is 3.83. The van der Waals surface area contributed by atoms with Gasteiger partial charge in [0.15, 0.2) is 0 Å². The zero-order chi connectivity index (χ0) is 19.2. The van der Waals surface area contributed by atoms with E-state index in [2.05, 4.69) is 17.1 Å². The smallest absolute Gasteiger partial charge is 0.233 e. The molecule has 27 heavy (non-hydrogen) atoms. The lowest BCUT2D eigenvalue weighted by Crippen LogP contribution is -2.32. The molecule has 0 radical (unpaired) electrons. The second-order valence-corrected chi connectivity index (χ2v) is 7.23. The van der Waals surface area contributed by atoms with Crippen molar-refractivity contribution in [2.75, 3.05) is 18.6 Å². The van der Waals surface area contributed by atoms with E-state index >= 15 is 0 Å². The number of amides is 1. The number of nitrogens with zero attached hydrogens (tertiary/aromatic N) is 3. The molecule has 0 atom stereocenters. The van der Waals surface area contributed by atoms with E-state index in [9.17, 15) is 4.79 Å². The largest absolute Gasteiger partial charge is 0.497 e. The Morgan fingerprint density at radius 1 is 1.15 bits per heavy atom. The Morgan fingerprint density at radius 2 is 1.96 bits per heavy atom. The van der Waals surface area contributed by atoms with Gasteiger partial charge in [-0.15, -0.1) is 10.2 Å². The van der Waals surface area contributed by atoms with Crippen molar-refractivity contribution in [1.82, 2.24) is 10.2 Å². The highest BCUT2D eigenvalue weighted by atomic mass is 32.1. The highest BCUT2D eigenvalue weighted by molar-refractivity contribution is 7.18. The number of methoxy groups -OCH3 is 1. The molecule has 0 bridgehead atoms. The molecule has 6 heteroatoms. The lowest BCUT2D eigenvalue weighted by Gasteiger charge is -2.18. The third kappa shape index (κ3) is 4.52. The molecular formula is C21H23N3O2S. The van der Waals surface area contributed by atoms with Crippen LogP contribution >= 0.6 is 11.3 Å². The molecular weight excluding hydrogens is 358 g/mol. The van der Waals surface area contributed by atoms with Crippen molar-refractivity contribution in [2.45, 2.75) is 26.7 Å². The minimum atomic E-state index is 0.0117. The zero-order valence-corrected chi connectivity index (χ0v) is 16.6. The van der Waals surface area contributed by atoms with Crippen molar-refractivity contribution in [3.05, 3.63) is 59.7 Å². The predicted molar refractivity (Wildman–Crippen MR) is 109 cm³/mol. The summed E-state index contributed by atoms with van der Waals surface area (Å²) in [6, 6.07) is 15.7. The van der Waals surface area contributed by atoms with E-state index in [0.29, 0.717) is 18.1 Å². The van der Waals surface area contributed by atoms with E-state index in [1.807, 2.05) is 55.5 Å². The zero-order valence-electron chi connectivity index (χ0n) is 15.8. The molecule has 1 amide bonds. The number of carbonyl (C=O) groups is 1. The molecule has 5 nitrogen and oxygen atoms in total. The van der Waals surface area contributed by atoms with Crippen molar-refractivity contribution in [3.8, 4) is 16.3 Å². The van der Waals surface area contributed by atoms with E-state index in [4.69, 9.17) is 4.74 Å². The summed E-state index contributed by atoms with van der Waals surface area (Å²) in [5.74, 6) is 0.762. The van der Waals surface area contributed by atoms with Crippen LogP contribution in [-0.2, 0) is 11.2 Å². The second-order valence-electron chi connectivity index (χ2n) is 6.28. The van der Waals surface area contributed by atoms with E-state index in [1.54, 1.807) is 12.0 Å². The monoisotopic (exact) mass is 381 g/mol. The maximum absolute atomic E-state index is 12.9. The molecule has 3 aromatic rings. The van der Waals surface area contributed by atoms with Crippen LogP contribution in [0.1, 0.15) is 24.5 Å². The average Bonchev–Trinajstić information content (AvgIpc) is 3.16. The number of ether oxygens (including phenoxy) is 1. The third-order valence-corrected chi connectivity index (χ3v) is 5.24. The molecule has 0 saturated carbocycles. The quantitative estimate of drug-likeness (QED) is 0.604. The van der Waals surface area contributed by atoms with Gasteiger partial charge in [0.25, 0.3) is 0 Å². The first kappa shape index (κ1) is 19.0. The van der Waals surface area contributed by atoms with Crippen LogP contribution in [0.2, 0.25) is 0 Å². The van der Waals surface area contributed by atoms with Crippen molar-refractivity contribution in [3.63, 3.8) is 0 Å². The van der Waals surface area contributed by atoms with E-state index in [0.717, 1.165) is 33.9 Å². The molecule has 0 N–H and O–H groups in total. The number of aromatic nitrogens is 2. The van der Waals surface area contributed by atoms with E-state index in [-0.39, 0.29) is 5.91 Å². The minimum absolute atomic E-state index is 0.0117. The Hall–Kier alpha value is -2.73. The molecule has 0 aliphatic rings. The first-order chi connectivity index (χ1) is 13.1. The molecule has 0 unspecified atom stereocenters. The van der Waals surface area contributed by atoms with Crippen LogP contribution in [0.3, 0.4) is 0 Å². The Labute approximate surface area is 163 Å². The van der Waals surface area contributed by atoms with Crippen LogP contribution in [0.15, 0.2) is 48.5 Å². The molecule has 3 rings (SSSR count). The molecule has 0 aliphatic carbocycles. The number of benzene rings is 2. The maximum Gasteiger partial charge on any atom is 0.233 e. The van der Waals surface area contributed by atoms with Gasteiger partial charge in [-0.25, -0.2) is 0 Å². The summed E-state index contributed by atoms with van der Waals surface area (Å²) in [4.78, 5) is 14.7. The van der Waals surface area contributed by atoms with E-state index in [1.165, 1.54) is 11.3 Å². The Bertz CT molecular complexity index is 923. The van der Waals surface area contributed by atoms with Gasteiger partial charge in [0.05, 0.1) is 13.5 Å². The first-order valence-corrected chi connectivity index (χ1v) is 9.76. The number of rotatable bonds is 7. The third-order valence-electron chi connectivity index (χ3n) is 4.26. The molecule has 0 aliphatic heterocycles. The molecule has 1 heterocycles.